The maximum atomic E-state index is 12.6. The number of allylic oxidation sites excluding steroid dienone is 1. The van der Waals surface area contributed by atoms with E-state index in [1.54, 1.807) is 24.4 Å². The van der Waals surface area contributed by atoms with Crippen molar-refractivity contribution in [1.29, 1.82) is 0 Å². The molecular formula is C18H14N2O2. The van der Waals surface area contributed by atoms with Gasteiger partial charge in [-0.1, -0.05) is 6.07 Å². The zero-order valence-corrected chi connectivity index (χ0v) is 11.9. The van der Waals surface area contributed by atoms with Crippen molar-refractivity contribution in [3.8, 4) is 0 Å². The quantitative estimate of drug-likeness (QED) is 0.698. The van der Waals surface area contributed by atoms with Gasteiger partial charge in [0, 0.05) is 23.5 Å². The lowest BCUT2D eigenvalue weighted by Gasteiger charge is -2.04. The van der Waals surface area contributed by atoms with Gasteiger partial charge in [-0.15, -0.1) is 0 Å². The third-order valence-corrected chi connectivity index (χ3v) is 3.96. The number of pyridine rings is 1. The van der Waals surface area contributed by atoms with Gasteiger partial charge in [0.1, 0.15) is 11.3 Å². The standard InChI is InChI=1S/C18H14N2O2/c19-12-5-7-14-16(10-12)22-18-11(4-6-15(18)17(14)21)9-13-3-1-2-8-20-13/h1-3,5,7-10H,4,6,19H2/b11-9+. The van der Waals surface area contributed by atoms with E-state index in [1.807, 2.05) is 24.3 Å². The number of nitrogen functional groups attached to an aromatic ring is 1. The van der Waals surface area contributed by atoms with Gasteiger partial charge in [0.2, 0.25) is 0 Å². The van der Waals surface area contributed by atoms with Crippen LogP contribution >= 0.6 is 0 Å². The van der Waals surface area contributed by atoms with E-state index in [1.165, 1.54) is 0 Å². The molecule has 4 nitrogen and oxygen atoms in total. The third kappa shape index (κ3) is 2.00. The Balaban J connectivity index is 1.93. The van der Waals surface area contributed by atoms with Crippen LogP contribution in [0, 0.1) is 0 Å². The summed E-state index contributed by atoms with van der Waals surface area (Å²) in [6, 6.07) is 10.9. The predicted molar refractivity (Wildman–Crippen MR) is 87.3 cm³/mol. The summed E-state index contributed by atoms with van der Waals surface area (Å²) in [5, 5.41) is 0.590. The lowest BCUT2D eigenvalue weighted by atomic mass is 10.1. The van der Waals surface area contributed by atoms with E-state index in [0.717, 1.165) is 23.3 Å². The van der Waals surface area contributed by atoms with Crippen LogP contribution in [0.25, 0.3) is 22.6 Å². The van der Waals surface area contributed by atoms with E-state index in [0.29, 0.717) is 28.8 Å². The van der Waals surface area contributed by atoms with Crippen LogP contribution in [0.5, 0.6) is 0 Å². The minimum atomic E-state index is 0.0423. The molecule has 0 fully saturated rings. The van der Waals surface area contributed by atoms with Gasteiger partial charge in [-0.05, 0) is 48.8 Å². The first-order valence-corrected chi connectivity index (χ1v) is 7.19. The average molecular weight is 290 g/mol. The Morgan fingerprint density at radius 1 is 1.18 bits per heavy atom. The molecule has 2 aromatic heterocycles. The van der Waals surface area contributed by atoms with Crippen molar-refractivity contribution < 1.29 is 4.42 Å². The summed E-state index contributed by atoms with van der Waals surface area (Å²) in [7, 11) is 0. The summed E-state index contributed by atoms with van der Waals surface area (Å²) < 4.78 is 5.97. The zero-order valence-electron chi connectivity index (χ0n) is 11.9. The van der Waals surface area contributed by atoms with Crippen molar-refractivity contribution in [3.63, 3.8) is 0 Å². The molecule has 4 rings (SSSR count). The lowest BCUT2D eigenvalue weighted by molar-refractivity contribution is 0.585. The van der Waals surface area contributed by atoms with Crippen LogP contribution in [0.15, 0.2) is 51.8 Å². The van der Waals surface area contributed by atoms with Crippen molar-refractivity contribution in [2.75, 3.05) is 5.73 Å². The second-order valence-electron chi connectivity index (χ2n) is 5.42. The number of fused-ring (bicyclic) bond motifs is 2. The largest absolute Gasteiger partial charge is 0.456 e. The minimum Gasteiger partial charge on any atom is -0.456 e. The first kappa shape index (κ1) is 12.8. The molecule has 1 aliphatic carbocycles. The molecule has 0 saturated heterocycles. The molecule has 0 bridgehead atoms. The van der Waals surface area contributed by atoms with E-state index >= 15 is 0 Å². The van der Waals surface area contributed by atoms with Crippen molar-refractivity contribution in [3.05, 3.63) is 69.8 Å². The third-order valence-electron chi connectivity index (χ3n) is 3.96. The molecule has 3 aromatic rings. The average Bonchev–Trinajstić information content (AvgIpc) is 2.91. The fourth-order valence-corrected chi connectivity index (χ4v) is 2.89. The van der Waals surface area contributed by atoms with Gasteiger partial charge in [0.25, 0.3) is 0 Å². The SMILES string of the molecule is Nc1ccc2c(=O)c3c(oc2c1)/C(=C/c1ccccn1)CC3. The minimum absolute atomic E-state index is 0.0423. The van der Waals surface area contributed by atoms with Crippen LogP contribution in [0.3, 0.4) is 0 Å². The molecule has 0 unspecified atom stereocenters. The van der Waals surface area contributed by atoms with Gasteiger partial charge in [-0.2, -0.15) is 0 Å². The number of anilines is 1. The fraction of sp³-hybridized carbons (Fsp3) is 0.111. The molecule has 1 aliphatic rings. The Kier molecular flexibility index (Phi) is 2.82. The highest BCUT2D eigenvalue weighted by atomic mass is 16.3. The highest BCUT2D eigenvalue weighted by molar-refractivity contribution is 5.87. The van der Waals surface area contributed by atoms with Gasteiger partial charge in [0.15, 0.2) is 5.43 Å². The molecule has 2 N–H and O–H groups in total. The van der Waals surface area contributed by atoms with Crippen LogP contribution in [-0.2, 0) is 6.42 Å². The topological polar surface area (TPSA) is 69.1 Å². The molecule has 0 amide bonds. The molecular weight excluding hydrogens is 276 g/mol. The summed E-state index contributed by atoms with van der Waals surface area (Å²) in [4.78, 5) is 16.9. The lowest BCUT2D eigenvalue weighted by Crippen LogP contribution is -2.08. The molecule has 4 heteroatoms. The molecule has 2 heterocycles. The van der Waals surface area contributed by atoms with Gasteiger partial charge < -0.3 is 10.2 Å². The Morgan fingerprint density at radius 3 is 2.91 bits per heavy atom. The Labute approximate surface area is 126 Å². The van der Waals surface area contributed by atoms with E-state index in [9.17, 15) is 4.79 Å². The van der Waals surface area contributed by atoms with Crippen molar-refractivity contribution in [2.45, 2.75) is 12.8 Å². The normalized spacial score (nSPS) is 15.4. The number of aromatic nitrogens is 1. The van der Waals surface area contributed by atoms with Gasteiger partial charge in [0.05, 0.1) is 11.1 Å². The molecule has 0 radical (unpaired) electrons. The number of hydrogen-bond acceptors (Lipinski definition) is 4. The Bertz CT molecular complexity index is 956. The van der Waals surface area contributed by atoms with Crippen LogP contribution in [-0.4, -0.2) is 4.98 Å². The highest BCUT2D eigenvalue weighted by Crippen LogP contribution is 2.34. The second kappa shape index (κ2) is 4.84. The smallest absolute Gasteiger partial charge is 0.196 e. The van der Waals surface area contributed by atoms with Gasteiger partial charge in [-0.25, -0.2) is 0 Å². The number of nitrogens with zero attached hydrogens (tertiary/aromatic N) is 1. The van der Waals surface area contributed by atoms with E-state index in [4.69, 9.17) is 10.2 Å². The molecule has 0 saturated carbocycles. The first-order chi connectivity index (χ1) is 10.7. The summed E-state index contributed by atoms with van der Waals surface area (Å²) in [5.41, 5.74) is 9.58. The van der Waals surface area contributed by atoms with E-state index < -0.39 is 0 Å². The maximum Gasteiger partial charge on any atom is 0.196 e. The Hall–Kier alpha value is -2.88. The molecule has 0 aliphatic heterocycles. The van der Waals surface area contributed by atoms with Crippen LogP contribution in [0.4, 0.5) is 5.69 Å². The predicted octanol–water partition coefficient (Wildman–Crippen LogP) is 3.26. The van der Waals surface area contributed by atoms with E-state index in [2.05, 4.69) is 4.98 Å². The van der Waals surface area contributed by atoms with Gasteiger partial charge in [-0.3, -0.25) is 9.78 Å². The van der Waals surface area contributed by atoms with Gasteiger partial charge >= 0.3 is 0 Å². The molecule has 1 aromatic carbocycles. The first-order valence-electron chi connectivity index (χ1n) is 7.19. The van der Waals surface area contributed by atoms with E-state index in [-0.39, 0.29) is 5.43 Å². The molecule has 22 heavy (non-hydrogen) atoms. The van der Waals surface area contributed by atoms with Crippen LogP contribution < -0.4 is 11.2 Å². The number of hydrogen-bond donors (Lipinski definition) is 1. The molecule has 0 atom stereocenters. The molecule has 108 valence electrons. The summed E-state index contributed by atoms with van der Waals surface area (Å²) in [6.07, 6.45) is 5.22. The number of rotatable bonds is 1. The fourth-order valence-electron chi connectivity index (χ4n) is 2.89. The summed E-state index contributed by atoms with van der Waals surface area (Å²) in [6.45, 7) is 0. The maximum absolute atomic E-state index is 12.6. The monoisotopic (exact) mass is 290 g/mol. The summed E-state index contributed by atoms with van der Waals surface area (Å²) >= 11 is 0. The second-order valence-corrected chi connectivity index (χ2v) is 5.42. The number of nitrogens with two attached hydrogens (primary N) is 1. The van der Waals surface area contributed by atoms with Crippen molar-refractivity contribution in [1.82, 2.24) is 4.98 Å². The molecule has 0 spiro atoms. The van der Waals surface area contributed by atoms with Crippen molar-refractivity contribution in [2.24, 2.45) is 0 Å². The highest BCUT2D eigenvalue weighted by Gasteiger charge is 2.23. The van der Waals surface area contributed by atoms with Crippen LogP contribution in [0.1, 0.15) is 23.4 Å². The summed E-state index contributed by atoms with van der Waals surface area (Å²) in [5.74, 6) is 0.675. The number of benzene rings is 1. The zero-order chi connectivity index (χ0) is 15.1. The van der Waals surface area contributed by atoms with Crippen molar-refractivity contribution >= 4 is 28.3 Å². The Morgan fingerprint density at radius 2 is 2.09 bits per heavy atom. The van der Waals surface area contributed by atoms with Crippen LogP contribution in [0.2, 0.25) is 0 Å².